The summed E-state index contributed by atoms with van der Waals surface area (Å²) in [6.07, 6.45) is 2.02. The van der Waals surface area contributed by atoms with Gasteiger partial charge in [-0.05, 0) is 33.3 Å². The number of pyridine rings is 1. The van der Waals surface area contributed by atoms with Crippen LogP contribution >= 0.6 is 24.0 Å². The van der Waals surface area contributed by atoms with Gasteiger partial charge in [-0.1, -0.05) is 6.07 Å². The molecule has 1 aromatic heterocycles. The van der Waals surface area contributed by atoms with Crippen molar-refractivity contribution in [1.29, 1.82) is 0 Å². The molecule has 1 heterocycles. The minimum Gasteiger partial charge on any atom is -0.475 e. The first kappa shape index (κ1) is 27.2. The van der Waals surface area contributed by atoms with Gasteiger partial charge in [0.25, 0.3) is 0 Å². The molecule has 0 spiro atoms. The molecule has 0 unspecified atom stereocenters. The van der Waals surface area contributed by atoms with Crippen molar-refractivity contribution >= 4 is 36.0 Å². The van der Waals surface area contributed by atoms with Gasteiger partial charge in [0.15, 0.2) is 5.96 Å². The number of nitrogens with zero attached hydrogens (tertiary/aromatic N) is 2. The normalized spacial score (nSPS) is 11.3. The number of methoxy groups -OCH3 is 1. The number of amides is 1. The number of carbonyl (C=O) groups is 1. The number of carbonyl (C=O) groups excluding carboxylic acids is 1. The molecule has 0 saturated heterocycles. The zero-order valence-corrected chi connectivity index (χ0v) is 20.2. The molecule has 0 saturated carbocycles. The Morgan fingerprint density at radius 3 is 2.55 bits per heavy atom. The zero-order valence-electron chi connectivity index (χ0n) is 17.9. The molecular formula is C19H34IN5O4. The van der Waals surface area contributed by atoms with E-state index in [9.17, 15) is 4.79 Å². The Morgan fingerprint density at radius 2 is 1.90 bits per heavy atom. The average Bonchev–Trinajstić information content (AvgIpc) is 2.63. The van der Waals surface area contributed by atoms with Gasteiger partial charge in [0, 0.05) is 45.6 Å². The molecule has 0 aliphatic carbocycles. The molecule has 1 amide bonds. The molecule has 0 bridgehead atoms. The SMILES string of the molecule is CN=C(NCCCNC(=O)OC(C)(C)C)NCc1cccnc1OCCOC.I. The van der Waals surface area contributed by atoms with Crippen LogP contribution in [-0.2, 0) is 16.0 Å². The van der Waals surface area contributed by atoms with Gasteiger partial charge >= 0.3 is 6.09 Å². The highest BCUT2D eigenvalue weighted by Gasteiger charge is 2.15. The molecule has 0 aliphatic heterocycles. The van der Waals surface area contributed by atoms with Crippen molar-refractivity contribution in [2.24, 2.45) is 4.99 Å². The van der Waals surface area contributed by atoms with E-state index >= 15 is 0 Å². The molecule has 0 atom stereocenters. The highest BCUT2D eigenvalue weighted by molar-refractivity contribution is 14.0. The summed E-state index contributed by atoms with van der Waals surface area (Å²) in [5.41, 5.74) is 0.431. The van der Waals surface area contributed by atoms with Crippen LogP contribution in [0.2, 0.25) is 0 Å². The zero-order chi connectivity index (χ0) is 20.8. The summed E-state index contributed by atoms with van der Waals surface area (Å²) in [7, 11) is 3.33. The van der Waals surface area contributed by atoms with Crippen molar-refractivity contribution in [2.45, 2.75) is 39.3 Å². The van der Waals surface area contributed by atoms with Gasteiger partial charge in [-0.25, -0.2) is 9.78 Å². The molecule has 9 nitrogen and oxygen atoms in total. The lowest BCUT2D eigenvalue weighted by atomic mass is 10.2. The molecule has 0 aliphatic rings. The second-order valence-electron chi connectivity index (χ2n) is 6.94. The Labute approximate surface area is 190 Å². The lowest BCUT2D eigenvalue weighted by Crippen LogP contribution is -2.39. The minimum absolute atomic E-state index is 0. The number of rotatable bonds is 10. The van der Waals surface area contributed by atoms with Gasteiger partial charge in [-0.3, -0.25) is 4.99 Å². The van der Waals surface area contributed by atoms with Gasteiger partial charge in [0.1, 0.15) is 12.2 Å². The summed E-state index contributed by atoms with van der Waals surface area (Å²) in [4.78, 5) is 20.0. The number of halogens is 1. The van der Waals surface area contributed by atoms with E-state index in [0.29, 0.717) is 44.7 Å². The molecule has 10 heteroatoms. The quantitative estimate of drug-likeness (QED) is 0.187. The molecule has 0 radical (unpaired) electrons. The summed E-state index contributed by atoms with van der Waals surface area (Å²) in [5, 5.41) is 9.15. The predicted molar refractivity (Wildman–Crippen MR) is 124 cm³/mol. The number of hydrogen-bond acceptors (Lipinski definition) is 6. The first-order chi connectivity index (χ1) is 13.4. The van der Waals surface area contributed by atoms with E-state index in [-0.39, 0.29) is 24.0 Å². The Kier molecular flexibility index (Phi) is 14.1. The third-order valence-electron chi connectivity index (χ3n) is 3.36. The van der Waals surface area contributed by atoms with Crippen molar-refractivity contribution < 1.29 is 19.0 Å². The van der Waals surface area contributed by atoms with Gasteiger partial charge < -0.3 is 30.2 Å². The summed E-state index contributed by atoms with van der Waals surface area (Å²) in [6, 6.07) is 3.80. The van der Waals surface area contributed by atoms with E-state index in [1.807, 2.05) is 32.9 Å². The van der Waals surface area contributed by atoms with E-state index in [4.69, 9.17) is 14.2 Å². The second kappa shape index (κ2) is 15.1. The Bertz CT molecular complexity index is 623. The lowest BCUT2D eigenvalue weighted by Gasteiger charge is -2.19. The van der Waals surface area contributed by atoms with Crippen molar-refractivity contribution in [3.63, 3.8) is 0 Å². The molecule has 0 fully saturated rings. The van der Waals surface area contributed by atoms with Crippen LogP contribution in [-0.4, -0.2) is 63.1 Å². The van der Waals surface area contributed by atoms with Crippen LogP contribution in [0.3, 0.4) is 0 Å². The fourth-order valence-corrected chi connectivity index (χ4v) is 2.11. The van der Waals surface area contributed by atoms with Gasteiger partial charge in [-0.2, -0.15) is 0 Å². The van der Waals surface area contributed by atoms with Crippen molar-refractivity contribution in [1.82, 2.24) is 20.9 Å². The maximum atomic E-state index is 11.6. The summed E-state index contributed by atoms with van der Waals surface area (Å²) < 4.78 is 15.8. The number of guanidine groups is 1. The van der Waals surface area contributed by atoms with E-state index in [2.05, 4.69) is 25.9 Å². The molecule has 29 heavy (non-hydrogen) atoms. The van der Waals surface area contributed by atoms with Crippen LogP contribution in [0.1, 0.15) is 32.8 Å². The standard InChI is InChI=1S/C19H33N5O4.HI/c1-19(2,3)28-18(25)23-11-7-10-22-17(20-4)24-14-15-8-6-9-21-16(15)27-13-12-26-5;/h6,8-9H,7,10-14H2,1-5H3,(H,23,25)(H2,20,22,24);1H. The van der Waals surface area contributed by atoms with Gasteiger partial charge in [0.05, 0.1) is 6.61 Å². The fraction of sp³-hybridized carbons (Fsp3) is 0.632. The van der Waals surface area contributed by atoms with E-state index in [0.717, 1.165) is 12.0 Å². The number of ether oxygens (including phenoxy) is 3. The highest BCUT2D eigenvalue weighted by Crippen LogP contribution is 2.13. The fourth-order valence-electron chi connectivity index (χ4n) is 2.11. The summed E-state index contributed by atoms with van der Waals surface area (Å²) >= 11 is 0. The smallest absolute Gasteiger partial charge is 0.407 e. The molecule has 166 valence electrons. The van der Waals surface area contributed by atoms with Gasteiger partial charge in [-0.15, -0.1) is 24.0 Å². The maximum Gasteiger partial charge on any atom is 0.407 e. The number of alkyl carbamates (subject to hydrolysis) is 1. The molecule has 0 aromatic carbocycles. The summed E-state index contributed by atoms with van der Waals surface area (Å²) in [5.74, 6) is 1.23. The Hall–Kier alpha value is -1.82. The first-order valence-corrected chi connectivity index (χ1v) is 9.32. The number of aliphatic imine (C=N–C) groups is 1. The summed E-state index contributed by atoms with van der Waals surface area (Å²) in [6.45, 7) is 8.13. The largest absolute Gasteiger partial charge is 0.475 e. The third-order valence-corrected chi connectivity index (χ3v) is 3.36. The van der Waals surface area contributed by atoms with Crippen molar-refractivity contribution in [3.8, 4) is 5.88 Å². The third kappa shape index (κ3) is 13.1. The molecule has 1 rings (SSSR count). The molecule has 3 N–H and O–H groups in total. The first-order valence-electron chi connectivity index (χ1n) is 9.32. The Morgan fingerprint density at radius 1 is 1.17 bits per heavy atom. The van der Waals surface area contributed by atoms with Crippen LogP contribution in [0.15, 0.2) is 23.3 Å². The van der Waals surface area contributed by atoms with E-state index < -0.39 is 11.7 Å². The van der Waals surface area contributed by atoms with Crippen LogP contribution in [0.5, 0.6) is 5.88 Å². The van der Waals surface area contributed by atoms with Gasteiger partial charge in [0.2, 0.25) is 5.88 Å². The monoisotopic (exact) mass is 523 g/mol. The maximum absolute atomic E-state index is 11.6. The van der Waals surface area contributed by atoms with Crippen LogP contribution in [0.25, 0.3) is 0 Å². The second-order valence-corrected chi connectivity index (χ2v) is 6.94. The highest BCUT2D eigenvalue weighted by atomic mass is 127. The number of nitrogens with one attached hydrogen (secondary N) is 3. The number of aromatic nitrogens is 1. The van der Waals surface area contributed by atoms with Crippen LogP contribution in [0, 0.1) is 0 Å². The average molecular weight is 523 g/mol. The van der Waals surface area contributed by atoms with Crippen molar-refractivity contribution in [3.05, 3.63) is 23.9 Å². The van der Waals surface area contributed by atoms with Crippen molar-refractivity contribution in [2.75, 3.05) is 40.5 Å². The van der Waals surface area contributed by atoms with Crippen LogP contribution in [0.4, 0.5) is 4.79 Å². The van der Waals surface area contributed by atoms with Crippen LogP contribution < -0.4 is 20.7 Å². The predicted octanol–water partition coefficient (Wildman–Crippen LogP) is 2.30. The van der Waals surface area contributed by atoms with E-state index in [1.54, 1.807) is 20.4 Å². The lowest BCUT2D eigenvalue weighted by molar-refractivity contribution is 0.0527. The topological polar surface area (TPSA) is 106 Å². The molecule has 1 aromatic rings. The van der Waals surface area contributed by atoms with E-state index in [1.165, 1.54) is 0 Å². The minimum atomic E-state index is -0.493. The molecular weight excluding hydrogens is 489 g/mol. The Balaban J connectivity index is 0.00000784. The number of hydrogen-bond donors (Lipinski definition) is 3.